The number of hydrogen-bond acceptors (Lipinski definition) is 5. The van der Waals surface area contributed by atoms with Crippen LogP contribution in [0.5, 0.6) is 0 Å². The first-order chi connectivity index (χ1) is 17.2. The predicted octanol–water partition coefficient (Wildman–Crippen LogP) is 3.97. The molecule has 1 spiro atoms. The number of nitrogens with one attached hydrogen (secondary N) is 3. The zero-order valence-corrected chi connectivity index (χ0v) is 19.8. The number of anilines is 2. The van der Waals surface area contributed by atoms with Crippen molar-refractivity contribution in [3.8, 4) is 0 Å². The van der Waals surface area contributed by atoms with Gasteiger partial charge in [0, 0.05) is 34.8 Å². The summed E-state index contributed by atoms with van der Waals surface area (Å²) in [5, 5.41) is 16.6. The van der Waals surface area contributed by atoms with Gasteiger partial charge in [-0.05, 0) is 55.3 Å². The van der Waals surface area contributed by atoms with E-state index in [4.69, 9.17) is 21.4 Å². The number of amides is 4. The molecule has 0 aromatic heterocycles. The van der Waals surface area contributed by atoms with Gasteiger partial charge in [0.15, 0.2) is 5.60 Å². The van der Waals surface area contributed by atoms with Crippen molar-refractivity contribution in [2.24, 2.45) is 0 Å². The van der Waals surface area contributed by atoms with Gasteiger partial charge in [0.05, 0.1) is 18.9 Å². The Kier molecular flexibility index (Phi) is 7.30. The standard InChI is InChI=1S/C24H24ClFN4O6/c25-15-4-7-18-17(12-15)24(36-23(35)29-18)9-1-11-30(13-24)21(32)19(8-10-26)28-20(31)14-2-5-16(6-3-14)27-22(33)34/h2-7,12,19,27H,1,8-11,13H2,(H,28,31)(H,29,35)(H,33,34)/t19?,24-/m0/s1. The Morgan fingerprint density at radius 2 is 1.97 bits per heavy atom. The third-order valence-corrected chi connectivity index (χ3v) is 6.40. The van der Waals surface area contributed by atoms with Crippen LogP contribution in [0.3, 0.4) is 0 Å². The Balaban J connectivity index is 1.51. The molecule has 1 saturated heterocycles. The van der Waals surface area contributed by atoms with E-state index in [2.05, 4.69) is 16.0 Å². The summed E-state index contributed by atoms with van der Waals surface area (Å²) in [5.41, 5.74) is 0.514. The lowest BCUT2D eigenvalue weighted by Crippen LogP contribution is -2.57. The molecule has 4 amide bonds. The first-order valence-corrected chi connectivity index (χ1v) is 11.6. The van der Waals surface area contributed by atoms with E-state index in [1.54, 1.807) is 18.2 Å². The van der Waals surface area contributed by atoms with Gasteiger partial charge >= 0.3 is 12.2 Å². The highest BCUT2D eigenvalue weighted by Crippen LogP contribution is 2.43. The lowest BCUT2D eigenvalue weighted by molar-refractivity contribution is -0.141. The van der Waals surface area contributed by atoms with Crippen molar-refractivity contribution in [1.29, 1.82) is 0 Å². The number of carbonyl (C=O) groups is 4. The fraction of sp³-hybridized carbons (Fsp3) is 0.333. The second-order valence-electron chi connectivity index (χ2n) is 8.57. The number of likely N-dealkylation sites (tertiary alicyclic amines) is 1. The highest BCUT2D eigenvalue weighted by Gasteiger charge is 2.47. The summed E-state index contributed by atoms with van der Waals surface area (Å²) in [6.07, 6.45) is -1.15. The molecule has 2 aromatic rings. The molecule has 0 radical (unpaired) electrons. The second kappa shape index (κ2) is 10.4. The van der Waals surface area contributed by atoms with E-state index in [1.807, 2.05) is 0 Å². The number of rotatable bonds is 6. The molecule has 0 aliphatic carbocycles. The van der Waals surface area contributed by atoms with Crippen molar-refractivity contribution in [2.45, 2.75) is 30.9 Å². The number of fused-ring (bicyclic) bond motifs is 2. The molecule has 0 bridgehead atoms. The fourth-order valence-electron chi connectivity index (χ4n) is 4.54. The minimum absolute atomic E-state index is 0.0286. The van der Waals surface area contributed by atoms with E-state index in [0.29, 0.717) is 35.7 Å². The van der Waals surface area contributed by atoms with E-state index in [-0.39, 0.29) is 24.2 Å². The molecular weight excluding hydrogens is 495 g/mol. The highest BCUT2D eigenvalue weighted by molar-refractivity contribution is 6.30. The van der Waals surface area contributed by atoms with Crippen LogP contribution in [0.25, 0.3) is 0 Å². The van der Waals surface area contributed by atoms with Crippen molar-refractivity contribution >= 4 is 47.0 Å². The van der Waals surface area contributed by atoms with Gasteiger partial charge in [-0.3, -0.25) is 24.6 Å². The van der Waals surface area contributed by atoms with E-state index < -0.39 is 42.3 Å². The summed E-state index contributed by atoms with van der Waals surface area (Å²) in [5.74, 6) is -1.11. The van der Waals surface area contributed by atoms with Gasteiger partial charge < -0.3 is 20.1 Å². The van der Waals surface area contributed by atoms with E-state index >= 15 is 0 Å². The number of ether oxygens (including phenoxy) is 1. The zero-order valence-electron chi connectivity index (χ0n) is 19.1. The van der Waals surface area contributed by atoms with Crippen molar-refractivity contribution in [3.63, 3.8) is 0 Å². The van der Waals surface area contributed by atoms with E-state index in [1.165, 1.54) is 29.2 Å². The molecule has 10 nitrogen and oxygen atoms in total. The number of benzene rings is 2. The maximum atomic E-state index is 13.4. The van der Waals surface area contributed by atoms with Gasteiger partial charge in [-0.25, -0.2) is 9.59 Å². The van der Waals surface area contributed by atoms with Gasteiger partial charge in [0.1, 0.15) is 6.04 Å². The van der Waals surface area contributed by atoms with E-state index in [0.717, 1.165) is 0 Å². The monoisotopic (exact) mass is 518 g/mol. The maximum Gasteiger partial charge on any atom is 0.412 e. The predicted molar refractivity (Wildman–Crippen MR) is 129 cm³/mol. The van der Waals surface area contributed by atoms with Crippen molar-refractivity contribution in [1.82, 2.24) is 10.2 Å². The molecule has 1 unspecified atom stereocenters. The Hall–Kier alpha value is -3.86. The Morgan fingerprint density at radius 3 is 2.67 bits per heavy atom. The summed E-state index contributed by atoms with van der Waals surface area (Å²) in [6, 6.07) is 9.44. The number of carbonyl (C=O) groups excluding carboxylic acids is 3. The first-order valence-electron chi connectivity index (χ1n) is 11.3. The Morgan fingerprint density at radius 1 is 1.22 bits per heavy atom. The summed E-state index contributed by atoms with van der Waals surface area (Å²) in [6.45, 7) is -0.467. The van der Waals surface area contributed by atoms with Gasteiger partial charge in [0.25, 0.3) is 5.91 Å². The summed E-state index contributed by atoms with van der Waals surface area (Å²) in [4.78, 5) is 50.6. The highest BCUT2D eigenvalue weighted by atomic mass is 35.5. The molecule has 2 heterocycles. The van der Waals surface area contributed by atoms with Gasteiger partial charge in [-0.2, -0.15) is 0 Å². The van der Waals surface area contributed by atoms with Crippen LogP contribution < -0.4 is 16.0 Å². The van der Waals surface area contributed by atoms with Crippen LogP contribution in [0.1, 0.15) is 35.2 Å². The number of hydrogen-bond donors (Lipinski definition) is 4. The Bertz CT molecular complexity index is 1190. The van der Waals surface area contributed by atoms with Crippen molar-refractivity contribution in [2.75, 3.05) is 30.4 Å². The lowest BCUT2D eigenvalue weighted by atomic mass is 9.83. The van der Waals surface area contributed by atoms with E-state index in [9.17, 15) is 23.6 Å². The Labute approximate surface area is 210 Å². The molecule has 36 heavy (non-hydrogen) atoms. The third-order valence-electron chi connectivity index (χ3n) is 6.16. The minimum atomic E-state index is -1.25. The molecule has 0 saturated carbocycles. The molecule has 1 fully saturated rings. The van der Waals surface area contributed by atoms with Gasteiger partial charge in [-0.1, -0.05) is 11.6 Å². The second-order valence-corrected chi connectivity index (χ2v) is 9.01. The van der Waals surface area contributed by atoms with Crippen molar-refractivity contribution in [3.05, 3.63) is 58.6 Å². The molecule has 2 atom stereocenters. The molecule has 12 heteroatoms. The zero-order chi connectivity index (χ0) is 25.9. The van der Waals surface area contributed by atoms with Gasteiger partial charge in [-0.15, -0.1) is 0 Å². The van der Waals surface area contributed by atoms with Crippen LogP contribution >= 0.6 is 11.6 Å². The SMILES string of the molecule is O=C(O)Nc1ccc(C(=O)NC(CCF)C(=O)N2CCC[C@@]3(C2)OC(=O)Nc2ccc(Cl)cc23)cc1. The van der Waals surface area contributed by atoms with Crippen LogP contribution in [0.4, 0.5) is 25.4 Å². The number of halogens is 2. The summed E-state index contributed by atoms with van der Waals surface area (Å²) < 4.78 is 19.1. The molecule has 190 valence electrons. The fourth-order valence-corrected chi connectivity index (χ4v) is 4.71. The molecule has 2 aliphatic rings. The maximum absolute atomic E-state index is 13.4. The van der Waals surface area contributed by atoms with Crippen LogP contribution in [0.15, 0.2) is 42.5 Å². The number of alkyl halides is 1. The average molecular weight is 519 g/mol. The van der Waals surface area contributed by atoms with Crippen molar-refractivity contribution < 1.29 is 33.4 Å². The van der Waals surface area contributed by atoms with Crippen LogP contribution in [-0.4, -0.2) is 59.8 Å². The smallest absolute Gasteiger partial charge is 0.412 e. The quantitative estimate of drug-likeness (QED) is 0.456. The van der Waals surface area contributed by atoms with Crippen LogP contribution in [-0.2, 0) is 15.1 Å². The molecular formula is C24H24ClFN4O6. The first kappa shape index (κ1) is 25.2. The van der Waals surface area contributed by atoms with Gasteiger partial charge in [0.2, 0.25) is 5.91 Å². The summed E-state index contributed by atoms with van der Waals surface area (Å²) in [7, 11) is 0. The van der Waals surface area contributed by atoms with Crippen LogP contribution in [0, 0.1) is 0 Å². The topological polar surface area (TPSA) is 137 Å². The van der Waals surface area contributed by atoms with Crippen LogP contribution in [0.2, 0.25) is 5.02 Å². The minimum Gasteiger partial charge on any atom is -0.465 e. The number of carboxylic acid groups (broad SMARTS) is 1. The number of piperidine rings is 1. The largest absolute Gasteiger partial charge is 0.465 e. The normalized spacial score (nSPS) is 19.5. The lowest BCUT2D eigenvalue weighted by Gasteiger charge is -2.45. The molecule has 4 N–H and O–H groups in total. The molecule has 4 rings (SSSR count). The molecule has 2 aromatic carbocycles. The number of nitrogens with zero attached hydrogens (tertiary/aromatic N) is 1. The molecule has 2 aliphatic heterocycles. The summed E-state index contributed by atoms with van der Waals surface area (Å²) >= 11 is 6.19. The average Bonchev–Trinajstić information content (AvgIpc) is 2.84. The third kappa shape index (κ3) is 5.35.